The fourth-order valence-corrected chi connectivity index (χ4v) is 3.78. The number of para-hydroxylation sites is 2. The number of nitrogens with one attached hydrogen (secondary N) is 1. The molecule has 0 saturated heterocycles. The van der Waals surface area contributed by atoms with Crippen molar-refractivity contribution in [3.63, 3.8) is 0 Å². The number of carbonyl (C=O) groups is 2. The lowest BCUT2D eigenvalue weighted by Crippen LogP contribution is -2.09. The van der Waals surface area contributed by atoms with Gasteiger partial charge in [0, 0.05) is 6.20 Å². The van der Waals surface area contributed by atoms with Crippen LogP contribution in [0, 0.1) is 18.3 Å². The second kappa shape index (κ2) is 9.24. The molecule has 1 N–H and O–H groups in total. The zero-order valence-electron chi connectivity index (χ0n) is 16.6. The Bertz CT molecular complexity index is 1140. The van der Waals surface area contributed by atoms with Crippen molar-refractivity contribution in [2.45, 2.75) is 20.8 Å². The molecule has 0 radical (unpaired) electrons. The first-order chi connectivity index (χ1) is 14.5. The van der Waals surface area contributed by atoms with Crippen molar-refractivity contribution in [2.75, 3.05) is 18.5 Å². The largest absolute Gasteiger partial charge is 0.462 e. The third kappa shape index (κ3) is 4.18. The first kappa shape index (κ1) is 21.1. The summed E-state index contributed by atoms with van der Waals surface area (Å²) < 4.78 is 15.8. The van der Waals surface area contributed by atoms with Gasteiger partial charge in [0.05, 0.1) is 18.8 Å². The number of allylic oxidation sites excluding steroid dienone is 1. The molecule has 0 bridgehead atoms. The molecule has 0 spiro atoms. The Balaban J connectivity index is 1.99. The van der Waals surface area contributed by atoms with Gasteiger partial charge in [-0.25, -0.2) is 14.6 Å². The van der Waals surface area contributed by atoms with Crippen molar-refractivity contribution >= 4 is 44.9 Å². The number of aromatic nitrogens is 1. The molecule has 3 aromatic rings. The molecule has 0 aliphatic carbocycles. The SMILES string of the molecule is CCOC(=O)c1sc(N/C=C(\C#N)c2nc3ccccc3o2)c(C(=O)OCC)c1C. The Kier molecular flexibility index (Phi) is 6.49. The van der Waals surface area contributed by atoms with Gasteiger partial charge in [-0.15, -0.1) is 11.3 Å². The summed E-state index contributed by atoms with van der Waals surface area (Å²) in [6.45, 7) is 5.44. The van der Waals surface area contributed by atoms with Gasteiger partial charge in [0.25, 0.3) is 0 Å². The number of benzene rings is 1. The summed E-state index contributed by atoms with van der Waals surface area (Å²) in [6.07, 6.45) is 1.38. The van der Waals surface area contributed by atoms with Crippen molar-refractivity contribution in [3.05, 3.63) is 52.4 Å². The van der Waals surface area contributed by atoms with E-state index in [2.05, 4.69) is 10.3 Å². The van der Waals surface area contributed by atoms with E-state index in [-0.39, 0.29) is 35.1 Å². The highest BCUT2D eigenvalue weighted by Gasteiger charge is 2.26. The van der Waals surface area contributed by atoms with Gasteiger partial charge >= 0.3 is 11.9 Å². The minimum absolute atomic E-state index is 0.129. The van der Waals surface area contributed by atoms with E-state index in [0.717, 1.165) is 11.3 Å². The van der Waals surface area contributed by atoms with Crippen LogP contribution in [0.25, 0.3) is 16.7 Å². The van der Waals surface area contributed by atoms with Gasteiger partial charge in [-0.3, -0.25) is 0 Å². The van der Waals surface area contributed by atoms with Crippen molar-refractivity contribution in [3.8, 4) is 6.07 Å². The van der Waals surface area contributed by atoms with Crippen molar-refractivity contribution in [1.82, 2.24) is 4.98 Å². The van der Waals surface area contributed by atoms with E-state index in [9.17, 15) is 14.9 Å². The van der Waals surface area contributed by atoms with Crippen LogP contribution in [-0.2, 0) is 9.47 Å². The zero-order chi connectivity index (χ0) is 21.7. The molecule has 0 saturated carbocycles. The van der Waals surface area contributed by atoms with E-state index in [1.807, 2.05) is 18.2 Å². The Morgan fingerprint density at radius 1 is 1.23 bits per heavy atom. The maximum absolute atomic E-state index is 12.5. The summed E-state index contributed by atoms with van der Waals surface area (Å²) in [6, 6.07) is 9.18. The van der Waals surface area contributed by atoms with E-state index in [0.29, 0.717) is 21.7 Å². The summed E-state index contributed by atoms with van der Waals surface area (Å²) >= 11 is 1.05. The van der Waals surface area contributed by atoms with Crippen LogP contribution in [0.5, 0.6) is 0 Å². The number of hydrogen-bond acceptors (Lipinski definition) is 9. The monoisotopic (exact) mass is 425 g/mol. The molecule has 2 heterocycles. The summed E-state index contributed by atoms with van der Waals surface area (Å²) in [5, 5.41) is 12.8. The van der Waals surface area contributed by atoms with E-state index >= 15 is 0 Å². The molecule has 30 heavy (non-hydrogen) atoms. The number of nitriles is 1. The Labute approximate surface area is 176 Å². The van der Waals surface area contributed by atoms with Gasteiger partial charge in [0.1, 0.15) is 27.0 Å². The summed E-state index contributed by atoms with van der Waals surface area (Å²) in [5.41, 5.74) is 1.98. The highest BCUT2D eigenvalue weighted by molar-refractivity contribution is 7.18. The minimum Gasteiger partial charge on any atom is -0.462 e. The summed E-state index contributed by atoms with van der Waals surface area (Å²) in [5.74, 6) is -0.956. The first-order valence-electron chi connectivity index (χ1n) is 9.20. The molecule has 3 rings (SSSR count). The van der Waals surface area contributed by atoms with Gasteiger partial charge in [-0.1, -0.05) is 12.1 Å². The molecule has 9 heteroatoms. The normalized spacial score (nSPS) is 11.2. The van der Waals surface area contributed by atoms with Crippen LogP contribution < -0.4 is 5.32 Å². The molecule has 0 atom stereocenters. The molecule has 8 nitrogen and oxygen atoms in total. The fraction of sp³-hybridized carbons (Fsp3) is 0.238. The first-order valence-corrected chi connectivity index (χ1v) is 10.0. The predicted molar refractivity (Wildman–Crippen MR) is 112 cm³/mol. The Morgan fingerprint density at radius 2 is 1.93 bits per heavy atom. The number of rotatable bonds is 7. The minimum atomic E-state index is -0.571. The number of nitrogens with zero attached hydrogens (tertiary/aromatic N) is 2. The van der Waals surface area contributed by atoms with Gasteiger partial charge in [0.2, 0.25) is 5.89 Å². The molecular formula is C21H19N3O5S. The molecule has 0 fully saturated rings. The molecule has 0 amide bonds. The number of anilines is 1. The number of thiophene rings is 1. The smallest absolute Gasteiger partial charge is 0.348 e. The van der Waals surface area contributed by atoms with Crippen LogP contribution in [0.1, 0.15) is 45.3 Å². The highest BCUT2D eigenvalue weighted by atomic mass is 32.1. The average Bonchev–Trinajstić information content (AvgIpc) is 3.30. The van der Waals surface area contributed by atoms with Gasteiger partial charge < -0.3 is 19.2 Å². The third-order valence-corrected chi connectivity index (χ3v) is 5.28. The maximum Gasteiger partial charge on any atom is 0.348 e. The number of hydrogen-bond donors (Lipinski definition) is 1. The van der Waals surface area contributed by atoms with Gasteiger partial charge in [-0.05, 0) is 38.5 Å². The Morgan fingerprint density at radius 3 is 2.60 bits per heavy atom. The van der Waals surface area contributed by atoms with Gasteiger partial charge in [0.15, 0.2) is 5.58 Å². The number of esters is 2. The standard InChI is InChI=1S/C21H19N3O5S/c1-4-27-20(25)16-12(3)17(21(26)28-5-2)30-19(16)23-11-13(10-22)18-24-14-8-6-7-9-15(14)29-18/h6-9,11,23H,4-5H2,1-3H3/b13-11+. The van der Waals surface area contributed by atoms with Gasteiger partial charge in [-0.2, -0.15) is 5.26 Å². The number of carbonyl (C=O) groups excluding carboxylic acids is 2. The van der Waals surface area contributed by atoms with Crippen LogP contribution in [0.15, 0.2) is 34.9 Å². The molecular weight excluding hydrogens is 406 g/mol. The summed E-state index contributed by atoms with van der Waals surface area (Å²) in [4.78, 5) is 29.3. The van der Waals surface area contributed by atoms with E-state index in [1.165, 1.54) is 6.20 Å². The van der Waals surface area contributed by atoms with E-state index in [4.69, 9.17) is 13.9 Å². The predicted octanol–water partition coefficient (Wildman–Crippen LogP) is 4.53. The van der Waals surface area contributed by atoms with Crippen molar-refractivity contribution in [1.29, 1.82) is 5.26 Å². The van der Waals surface area contributed by atoms with Crippen LogP contribution in [0.3, 0.4) is 0 Å². The second-order valence-electron chi connectivity index (χ2n) is 6.00. The van der Waals surface area contributed by atoms with Crippen LogP contribution in [0.4, 0.5) is 5.00 Å². The lowest BCUT2D eigenvalue weighted by molar-refractivity contribution is 0.0527. The highest BCUT2D eigenvalue weighted by Crippen LogP contribution is 2.35. The Hall–Kier alpha value is -3.64. The molecule has 1 aromatic carbocycles. The van der Waals surface area contributed by atoms with Crippen LogP contribution >= 0.6 is 11.3 Å². The van der Waals surface area contributed by atoms with E-state index < -0.39 is 11.9 Å². The second-order valence-corrected chi connectivity index (χ2v) is 7.02. The van der Waals surface area contributed by atoms with Crippen molar-refractivity contribution < 1.29 is 23.5 Å². The van der Waals surface area contributed by atoms with E-state index in [1.54, 1.807) is 32.9 Å². The molecule has 2 aromatic heterocycles. The summed E-state index contributed by atoms with van der Waals surface area (Å²) in [7, 11) is 0. The van der Waals surface area contributed by atoms with Crippen LogP contribution in [-0.4, -0.2) is 30.1 Å². The molecule has 0 aliphatic heterocycles. The van der Waals surface area contributed by atoms with Crippen molar-refractivity contribution in [2.24, 2.45) is 0 Å². The lowest BCUT2D eigenvalue weighted by Gasteiger charge is -2.05. The van der Waals surface area contributed by atoms with Crippen LogP contribution in [0.2, 0.25) is 0 Å². The molecule has 0 aliphatic rings. The fourth-order valence-electron chi connectivity index (χ4n) is 2.72. The number of oxazole rings is 1. The average molecular weight is 425 g/mol. The molecule has 154 valence electrons. The quantitative estimate of drug-likeness (QED) is 0.434. The number of ether oxygens (including phenoxy) is 2. The third-order valence-electron chi connectivity index (χ3n) is 4.08. The lowest BCUT2D eigenvalue weighted by atomic mass is 10.1. The maximum atomic E-state index is 12.5. The zero-order valence-corrected chi connectivity index (χ0v) is 17.5. The topological polar surface area (TPSA) is 114 Å². The molecule has 0 unspecified atom stereocenters. The number of fused-ring (bicyclic) bond motifs is 1.